The third-order valence-corrected chi connectivity index (χ3v) is 5.63. The Morgan fingerprint density at radius 2 is 1.93 bits per heavy atom. The number of methoxy groups -OCH3 is 1. The molecule has 0 aromatic heterocycles. The van der Waals surface area contributed by atoms with E-state index in [0.717, 1.165) is 12.8 Å². The molecule has 2 aliphatic rings. The van der Waals surface area contributed by atoms with Crippen molar-refractivity contribution < 1.29 is 29.0 Å². The lowest BCUT2D eigenvalue weighted by Crippen LogP contribution is -2.30. The van der Waals surface area contributed by atoms with Crippen molar-refractivity contribution in [3.63, 3.8) is 0 Å². The molecule has 1 aromatic carbocycles. The van der Waals surface area contributed by atoms with Crippen LogP contribution in [0.2, 0.25) is 0 Å². The molecule has 1 amide bonds. The molecule has 1 aromatic rings. The summed E-state index contributed by atoms with van der Waals surface area (Å²) < 4.78 is 11.0. The number of nitrogens with zero attached hydrogens (tertiary/aromatic N) is 1. The van der Waals surface area contributed by atoms with Gasteiger partial charge in [0.25, 0.3) is 0 Å². The maximum atomic E-state index is 12.5. The van der Waals surface area contributed by atoms with Crippen LogP contribution < -0.4 is 9.47 Å². The zero-order chi connectivity index (χ0) is 20.3. The Balaban J connectivity index is 1.47. The largest absolute Gasteiger partial charge is 0.493 e. The van der Waals surface area contributed by atoms with Gasteiger partial charge >= 0.3 is 5.97 Å². The van der Waals surface area contributed by atoms with Crippen LogP contribution in [0.3, 0.4) is 0 Å². The maximum Gasteiger partial charge on any atom is 0.308 e. The fourth-order valence-electron chi connectivity index (χ4n) is 3.87. The van der Waals surface area contributed by atoms with E-state index in [9.17, 15) is 19.5 Å². The van der Waals surface area contributed by atoms with Gasteiger partial charge in [-0.15, -0.1) is 0 Å². The minimum Gasteiger partial charge on any atom is -0.493 e. The van der Waals surface area contributed by atoms with Crippen molar-refractivity contribution in [2.24, 2.45) is 17.8 Å². The summed E-state index contributed by atoms with van der Waals surface area (Å²) in [4.78, 5) is 37.1. The molecule has 1 saturated heterocycles. The average molecular weight is 389 g/mol. The Labute approximate surface area is 164 Å². The first-order valence-corrected chi connectivity index (χ1v) is 9.73. The molecule has 3 rings (SSSR count). The van der Waals surface area contributed by atoms with Crippen LogP contribution in [0.25, 0.3) is 0 Å². The number of carboxylic acid groups (broad SMARTS) is 1. The molecule has 2 fully saturated rings. The highest BCUT2D eigenvalue weighted by molar-refractivity contribution is 5.94. The van der Waals surface area contributed by atoms with Crippen molar-refractivity contribution in [2.75, 3.05) is 26.8 Å². The first-order chi connectivity index (χ1) is 13.4. The standard InChI is InChI=1S/C21H27NO6/c1-13(23)15-7-8-18(19(10-15)27-2)28-9-3-4-20(24)22-11-16(14-5-6-14)17(12-22)21(25)26/h7-8,10,14,16-17H,3-6,9,11-12H2,1-2H3,(H,25,26)/t16-,17+/m1/s1. The summed E-state index contributed by atoms with van der Waals surface area (Å²) in [6.07, 6.45) is 3.00. The van der Waals surface area contributed by atoms with E-state index in [2.05, 4.69) is 0 Å². The molecule has 1 aliphatic carbocycles. The number of ether oxygens (including phenoxy) is 2. The van der Waals surface area contributed by atoms with Gasteiger partial charge in [-0.1, -0.05) is 0 Å². The lowest BCUT2D eigenvalue weighted by molar-refractivity contribution is -0.142. The molecule has 0 unspecified atom stereocenters. The highest BCUT2D eigenvalue weighted by Gasteiger charge is 2.46. The summed E-state index contributed by atoms with van der Waals surface area (Å²) in [6, 6.07) is 5.01. The number of carboxylic acids is 1. The Morgan fingerprint density at radius 1 is 1.18 bits per heavy atom. The van der Waals surface area contributed by atoms with Crippen molar-refractivity contribution in [2.45, 2.75) is 32.6 Å². The van der Waals surface area contributed by atoms with Crippen LogP contribution in [0, 0.1) is 17.8 Å². The summed E-state index contributed by atoms with van der Waals surface area (Å²) in [6.45, 7) is 2.70. The van der Waals surface area contributed by atoms with Crippen molar-refractivity contribution in [3.8, 4) is 11.5 Å². The van der Waals surface area contributed by atoms with Crippen molar-refractivity contribution in [1.29, 1.82) is 0 Å². The maximum absolute atomic E-state index is 12.5. The van der Waals surface area contributed by atoms with Gasteiger partial charge in [-0.2, -0.15) is 0 Å². The molecule has 1 aliphatic heterocycles. The topological polar surface area (TPSA) is 93.1 Å². The predicted octanol–water partition coefficient (Wildman–Crippen LogP) is 2.63. The second-order valence-corrected chi connectivity index (χ2v) is 7.62. The number of benzene rings is 1. The van der Waals surface area contributed by atoms with Crippen molar-refractivity contribution >= 4 is 17.7 Å². The SMILES string of the molecule is COc1cc(C(C)=O)ccc1OCCCC(=O)N1C[C@H](C(=O)O)[C@@H](C2CC2)C1. The molecule has 0 radical (unpaired) electrons. The van der Waals surface area contributed by atoms with Crippen LogP contribution in [-0.2, 0) is 9.59 Å². The molecule has 1 heterocycles. The van der Waals surface area contributed by atoms with Gasteiger partial charge in [-0.05, 0) is 56.2 Å². The Kier molecular flexibility index (Phi) is 6.21. The van der Waals surface area contributed by atoms with Gasteiger partial charge in [0.1, 0.15) is 0 Å². The second kappa shape index (κ2) is 8.63. The van der Waals surface area contributed by atoms with E-state index in [1.54, 1.807) is 23.1 Å². The molecule has 0 spiro atoms. The molecule has 152 valence electrons. The van der Waals surface area contributed by atoms with Gasteiger partial charge in [0.15, 0.2) is 17.3 Å². The highest BCUT2D eigenvalue weighted by atomic mass is 16.5. The van der Waals surface area contributed by atoms with E-state index in [1.807, 2.05) is 0 Å². The Bertz CT molecular complexity index is 757. The monoisotopic (exact) mass is 389 g/mol. The van der Waals surface area contributed by atoms with Crippen molar-refractivity contribution in [1.82, 2.24) is 4.90 Å². The minimum absolute atomic E-state index is 0.0168. The number of rotatable bonds is 9. The van der Waals surface area contributed by atoms with Gasteiger partial charge in [-0.25, -0.2) is 0 Å². The van der Waals surface area contributed by atoms with Crippen LogP contribution >= 0.6 is 0 Å². The number of likely N-dealkylation sites (tertiary alicyclic amines) is 1. The Morgan fingerprint density at radius 3 is 2.54 bits per heavy atom. The minimum atomic E-state index is -0.795. The van der Waals surface area contributed by atoms with E-state index < -0.39 is 11.9 Å². The van der Waals surface area contributed by atoms with Crippen LogP contribution in [0.1, 0.15) is 43.0 Å². The Hall–Kier alpha value is -2.57. The van der Waals surface area contributed by atoms with Crippen LogP contribution in [-0.4, -0.2) is 54.5 Å². The quantitative estimate of drug-likeness (QED) is 0.515. The summed E-state index contributed by atoms with van der Waals surface area (Å²) in [5, 5.41) is 9.41. The van der Waals surface area contributed by atoms with Gasteiger partial charge < -0.3 is 19.5 Å². The molecule has 28 heavy (non-hydrogen) atoms. The smallest absolute Gasteiger partial charge is 0.308 e. The first-order valence-electron chi connectivity index (χ1n) is 9.73. The first kappa shape index (κ1) is 20.2. The van der Waals surface area contributed by atoms with E-state index >= 15 is 0 Å². The lowest BCUT2D eigenvalue weighted by atomic mass is 9.92. The molecule has 0 bridgehead atoms. The third kappa shape index (κ3) is 4.64. The summed E-state index contributed by atoms with van der Waals surface area (Å²) in [7, 11) is 1.51. The molecule has 2 atom stereocenters. The second-order valence-electron chi connectivity index (χ2n) is 7.62. The molecule has 1 N–H and O–H groups in total. The number of hydrogen-bond donors (Lipinski definition) is 1. The normalized spacial score (nSPS) is 21.4. The molecule has 7 nitrogen and oxygen atoms in total. The van der Waals surface area contributed by atoms with Gasteiger partial charge in [0.2, 0.25) is 5.91 Å². The number of carbonyl (C=O) groups is 3. The van der Waals surface area contributed by atoms with Gasteiger partial charge in [-0.3, -0.25) is 14.4 Å². The molecular formula is C21H27NO6. The van der Waals surface area contributed by atoms with E-state index in [4.69, 9.17) is 9.47 Å². The summed E-state index contributed by atoms with van der Waals surface area (Å²) in [5.41, 5.74) is 0.548. The van der Waals surface area contributed by atoms with Crippen LogP contribution in [0.15, 0.2) is 18.2 Å². The summed E-state index contributed by atoms with van der Waals surface area (Å²) in [5.74, 6) is 0.279. The molecule has 1 saturated carbocycles. The van der Waals surface area contributed by atoms with E-state index in [-0.39, 0.29) is 17.6 Å². The number of amides is 1. The predicted molar refractivity (Wildman–Crippen MR) is 102 cm³/mol. The fourth-order valence-corrected chi connectivity index (χ4v) is 3.87. The number of carbonyl (C=O) groups excluding carboxylic acids is 2. The lowest BCUT2D eigenvalue weighted by Gasteiger charge is -2.16. The molecule has 7 heteroatoms. The number of hydrogen-bond acceptors (Lipinski definition) is 5. The highest BCUT2D eigenvalue weighted by Crippen LogP contribution is 2.44. The summed E-state index contributed by atoms with van der Waals surface area (Å²) >= 11 is 0. The van der Waals surface area contributed by atoms with Crippen LogP contribution in [0.4, 0.5) is 0 Å². The molecular weight excluding hydrogens is 362 g/mol. The third-order valence-electron chi connectivity index (χ3n) is 5.63. The number of aliphatic carboxylic acids is 1. The zero-order valence-electron chi connectivity index (χ0n) is 16.3. The van der Waals surface area contributed by atoms with Gasteiger partial charge in [0.05, 0.1) is 19.6 Å². The number of ketones is 1. The van der Waals surface area contributed by atoms with Gasteiger partial charge in [0, 0.05) is 25.1 Å². The number of Topliss-reactive ketones (excluding diaryl/α,β-unsaturated/α-hetero) is 1. The van der Waals surface area contributed by atoms with E-state index in [1.165, 1.54) is 14.0 Å². The average Bonchev–Trinajstić information content (AvgIpc) is 3.42. The van der Waals surface area contributed by atoms with Crippen LogP contribution in [0.5, 0.6) is 11.5 Å². The fraction of sp³-hybridized carbons (Fsp3) is 0.571. The zero-order valence-corrected chi connectivity index (χ0v) is 16.3. The van der Waals surface area contributed by atoms with E-state index in [0.29, 0.717) is 55.5 Å². The van der Waals surface area contributed by atoms with Crippen molar-refractivity contribution in [3.05, 3.63) is 23.8 Å².